The van der Waals surface area contributed by atoms with Gasteiger partial charge in [0.1, 0.15) is 11.8 Å². The third-order valence-electron chi connectivity index (χ3n) is 4.71. The average Bonchev–Trinajstić information content (AvgIpc) is 2.75. The molecule has 3 aromatic rings. The topological polar surface area (TPSA) is 86.8 Å². The minimum atomic E-state index is -0.930. The van der Waals surface area contributed by atoms with Crippen LogP contribution in [0.1, 0.15) is 42.7 Å². The summed E-state index contributed by atoms with van der Waals surface area (Å²) in [7, 11) is 3.10. The lowest BCUT2D eigenvalue weighted by Crippen LogP contribution is -2.32. The van der Waals surface area contributed by atoms with Gasteiger partial charge in [-0.05, 0) is 43.5 Å². The van der Waals surface area contributed by atoms with E-state index in [1.165, 1.54) is 6.92 Å². The predicted octanol–water partition coefficient (Wildman–Crippen LogP) is 4.10. The molecule has 0 fully saturated rings. The molecule has 7 heteroatoms. The molecular formula is C24H26N2O5. The number of ether oxygens (including phenoxy) is 3. The van der Waals surface area contributed by atoms with E-state index in [1.807, 2.05) is 13.8 Å². The smallest absolute Gasteiger partial charge is 0.217 e. The monoisotopic (exact) mass is 422 g/mol. The molecule has 0 aliphatic carbocycles. The Morgan fingerprint density at radius 1 is 1.00 bits per heavy atom. The van der Waals surface area contributed by atoms with E-state index in [9.17, 15) is 9.59 Å². The van der Waals surface area contributed by atoms with Crippen LogP contribution in [0, 0.1) is 0 Å². The molecule has 1 unspecified atom stereocenters. The molecule has 0 saturated heterocycles. The van der Waals surface area contributed by atoms with Crippen LogP contribution >= 0.6 is 0 Å². The number of methoxy groups -OCH3 is 2. The Hall–Kier alpha value is -3.61. The van der Waals surface area contributed by atoms with Crippen LogP contribution in [0.3, 0.4) is 0 Å². The molecule has 3 rings (SSSR count). The summed E-state index contributed by atoms with van der Waals surface area (Å²) in [4.78, 5) is 29.7. The van der Waals surface area contributed by atoms with Gasteiger partial charge in [0.2, 0.25) is 5.91 Å². The molecule has 2 aromatic carbocycles. The normalized spacial score (nSPS) is 11.8. The molecule has 1 N–H and O–H groups in total. The number of carbonyl (C=O) groups is 2. The van der Waals surface area contributed by atoms with E-state index in [4.69, 9.17) is 14.2 Å². The van der Waals surface area contributed by atoms with Crippen LogP contribution in [0.4, 0.5) is 0 Å². The fourth-order valence-corrected chi connectivity index (χ4v) is 3.40. The van der Waals surface area contributed by atoms with E-state index in [0.717, 1.165) is 10.8 Å². The fourth-order valence-electron chi connectivity index (χ4n) is 3.40. The number of nitrogens with one attached hydrogen (secondary N) is 1. The Kier molecular flexibility index (Phi) is 6.74. The quantitative estimate of drug-likeness (QED) is 0.550. The maximum atomic E-state index is 13.5. The maximum Gasteiger partial charge on any atom is 0.217 e. The number of fused-ring (bicyclic) bond motifs is 1. The largest absolute Gasteiger partial charge is 0.493 e. The first-order valence-electron chi connectivity index (χ1n) is 9.91. The molecule has 1 heterocycles. The zero-order valence-corrected chi connectivity index (χ0v) is 18.3. The number of benzene rings is 2. The van der Waals surface area contributed by atoms with E-state index < -0.39 is 6.04 Å². The molecule has 0 saturated carbocycles. The number of aromatic nitrogens is 1. The second-order valence-corrected chi connectivity index (χ2v) is 7.35. The van der Waals surface area contributed by atoms with Crippen molar-refractivity contribution in [2.45, 2.75) is 32.9 Å². The van der Waals surface area contributed by atoms with Gasteiger partial charge in [-0.2, -0.15) is 0 Å². The molecule has 7 nitrogen and oxygen atoms in total. The number of hydrogen-bond acceptors (Lipinski definition) is 6. The summed E-state index contributed by atoms with van der Waals surface area (Å²) in [5, 5.41) is 4.26. The van der Waals surface area contributed by atoms with Gasteiger partial charge in [-0.25, -0.2) is 0 Å². The van der Waals surface area contributed by atoms with Crippen molar-refractivity contribution in [1.29, 1.82) is 0 Å². The molecule has 0 spiro atoms. The van der Waals surface area contributed by atoms with E-state index in [0.29, 0.717) is 28.4 Å². The summed E-state index contributed by atoms with van der Waals surface area (Å²) in [5.74, 6) is 1.06. The summed E-state index contributed by atoms with van der Waals surface area (Å²) < 4.78 is 16.5. The molecule has 162 valence electrons. The number of hydrogen-bond donors (Lipinski definition) is 1. The standard InChI is InChI=1S/C24H26N2O5/c1-14(2)31-18-8-6-7-16(9-18)24(28)23(26-15(3)27)20-13-25-12-17-10-21(29-4)22(30-5)11-19(17)20/h6-14,23H,1-5H3,(H,26,27). The van der Waals surface area contributed by atoms with E-state index >= 15 is 0 Å². The predicted molar refractivity (Wildman–Crippen MR) is 118 cm³/mol. The highest BCUT2D eigenvalue weighted by atomic mass is 16.5. The van der Waals surface area contributed by atoms with Crippen LogP contribution < -0.4 is 19.5 Å². The first-order chi connectivity index (χ1) is 14.8. The minimum Gasteiger partial charge on any atom is -0.493 e. The van der Waals surface area contributed by atoms with Crippen molar-refractivity contribution in [1.82, 2.24) is 10.3 Å². The molecule has 1 amide bonds. The highest BCUT2D eigenvalue weighted by Crippen LogP contribution is 2.35. The average molecular weight is 422 g/mol. The van der Waals surface area contributed by atoms with Crippen molar-refractivity contribution in [2.75, 3.05) is 14.2 Å². The summed E-state index contributed by atoms with van der Waals surface area (Å²) in [6.45, 7) is 5.21. The second-order valence-electron chi connectivity index (χ2n) is 7.35. The van der Waals surface area contributed by atoms with Crippen molar-refractivity contribution in [2.24, 2.45) is 0 Å². The number of carbonyl (C=O) groups excluding carboxylic acids is 2. The molecule has 0 radical (unpaired) electrons. The van der Waals surface area contributed by atoms with Gasteiger partial charge in [-0.3, -0.25) is 14.6 Å². The van der Waals surface area contributed by atoms with Crippen molar-refractivity contribution in [3.05, 3.63) is 59.9 Å². The number of rotatable bonds is 8. The highest BCUT2D eigenvalue weighted by molar-refractivity contribution is 6.05. The van der Waals surface area contributed by atoms with Crippen molar-refractivity contribution in [3.8, 4) is 17.2 Å². The SMILES string of the molecule is COc1cc2cncc(C(NC(C)=O)C(=O)c3cccc(OC(C)C)c3)c2cc1OC. The van der Waals surface area contributed by atoms with Gasteiger partial charge in [0.25, 0.3) is 0 Å². The van der Waals surface area contributed by atoms with Gasteiger partial charge in [-0.1, -0.05) is 12.1 Å². The third kappa shape index (κ3) is 4.94. The molecule has 0 aliphatic heterocycles. The van der Waals surface area contributed by atoms with Crippen LogP contribution in [0.2, 0.25) is 0 Å². The Morgan fingerprint density at radius 3 is 2.35 bits per heavy atom. The Bertz CT molecular complexity index is 1110. The van der Waals surface area contributed by atoms with Gasteiger partial charge < -0.3 is 19.5 Å². The number of ketones is 1. The first kappa shape index (κ1) is 22.1. The van der Waals surface area contributed by atoms with E-state index in [2.05, 4.69) is 10.3 Å². The summed E-state index contributed by atoms with van der Waals surface area (Å²) in [6, 6.07) is 9.57. The van der Waals surface area contributed by atoms with Crippen LogP contribution in [-0.4, -0.2) is 37.0 Å². The van der Waals surface area contributed by atoms with Crippen LogP contribution in [-0.2, 0) is 4.79 Å². The van der Waals surface area contributed by atoms with E-state index in [1.54, 1.807) is 63.0 Å². The Morgan fingerprint density at radius 2 is 1.71 bits per heavy atom. The number of nitrogens with zero attached hydrogens (tertiary/aromatic N) is 1. The number of pyridine rings is 1. The summed E-state index contributed by atoms with van der Waals surface area (Å²) in [6.07, 6.45) is 3.23. The Labute approximate surface area is 181 Å². The fraction of sp³-hybridized carbons (Fsp3) is 0.292. The van der Waals surface area contributed by atoms with Gasteiger partial charge in [0, 0.05) is 35.8 Å². The molecule has 1 aromatic heterocycles. The third-order valence-corrected chi connectivity index (χ3v) is 4.71. The lowest BCUT2D eigenvalue weighted by atomic mass is 9.94. The Balaban J connectivity index is 2.12. The number of Topliss-reactive ketones (excluding diaryl/α,β-unsaturated/α-hetero) is 1. The van der Waals surface area contributed by atoms with E-state index in [-0.39, 0.29) is 17.8 Å². The van der Waals surface area contributed by atoms with Crippen molar-refractivity contribution in [3.63, 3.8) is 0 Å². The van der Waals surface area contributed by atoms with Crippen LogP contribution in [0.5, 0.6) is 17.2 Å². The molecule has 0 aliphatic rings. The zero-order valence-electron chi connectivity index (χ0n) is 18.3. The second kappa shape index (κ2) is 9.47. The maximum absolute atomic E-state index is 13.5. The summed E-state index contributed by atoms with van der Waals surface area (Å²) >= 11 is 0. The lowest BCUT2D eigenvalue weighted by molar-refractivity contribution is -0.119. The van der Waals surface area contributed by atoms with Gasteiger partial charge >= 0.3 is 0 Å². The first-order valence-corrected chi connectivity index (χ1v) is 9.91. The van der Waals surface area contributed by atoms with Gasteiger partial charge in [-0.15, -0.1) is 0 Å². The lowest BCUT2D eigenvalue weighted by Gasteiger charge is -2.20. The van der Waals surface area contributed by atoms with Gasteiger partial charge in [0.05, 0.1) is 20.3 Å². The molecule has 0 bridgehead atoms. The number of amides is 1. The minimum absolute atomic E-state index is 0.0267. The molecular weight excluding hydrogens is 396 g/mol. The van der Waals surface area contributed by atoms with Crippen molar-refractivity contribution >= 4 is 22.5 Å². The van der Waals surface area contributed by atoms with Crippen LogP contribution in [0.15, 0.2) is 48.8 Å². The molecule has 1 atom stereocenters. The van der Waals surface area contributed by atoms with Crippen molar-refractivity contribution < 1.29 is 23.8 Å². The van der Waals surface area contributed by atoms with Gasteiger partial charge in [0.15, 0.2) is 17.3 Å². The van der Waals surface area contributed by atoms with Crippen LogP contribution in [0.25, 0.3) is 10.8 Å². The summed E-state index contributed by atoms with van der Waals surface area (Å²) in [5.41, 5.74) is 0.989. The zero-order chi connectivity index (χ0) is 22.5. The molecule has 31 heavy (non-hydrogen) atoms. The highest BCUT2D eigenvalue weighted by Gasteiger charge is 2.26.